The maximum absolute atomic E-state index is 13.0. The highest BCUT2D eigenvalue weighted by molar-refractivity contribution is 8.00. The molecule has 1 amide bonds. The van der Waals surface area contributed by atoms with Crippen LogP contribution in [0.5, 0.6) is 0 Å². The van der Waals surface area contributed by atoms with Crippen molar-refractivity contribution in [2.24, 2.45) is 0 Å². The number of hydrogen-bond donors (Lipinski definition) is 1. The van der Waals surface area contributed by atoms with Crippen LogP contribution in [0.25, 0.3) is 0 Å². The summed E-state index contributed by atoms with van der Waals surface area (Å²) >= 11 is 1.43. The third-order valence-electron chi connectivity index (χ3n) is 2.93. The molecular formula is C12H13FN2O3S. The lowest BCUT2D eigenvalue weighted by Gasteiger charge is -2.26. The number of aliphatic carboxylic acids is 1. The second-order valence-electron chi connectivity index (χ2n) is 4.13. The topological polar surface area (TPSA) is 70.5 Å². The van der Waals surface area contributed by atoms with Crippen molar-refractivity contribution >= 4 is 23.6 Å². The van der Waals surface area contributed by atoms with Crippen molar-refractivity contribution in [3.05, 3.63) is 29.8 Å². The Morgan fingerprint density at radius 3 is 2.95 bits per heavy atom. The third kappa shape index (κ3) is 2.70. The predicted octanol–water partition coefficient (Wildman–Crippen LogP) is 1.60. The normalized spacial score (nSPS) is 22.5. The third-order valence-corrected chi connectivity index (χ3v) is 4.39. The first-order valence-corrected chi connectivity index (χ1v) is 6.88. The lowest BCUT2D eigenvalue weighted by atomic mass is 10.2. The molecule has 1 aromatic rings. The summed E-state index contributed by atoms with van der Waals surface area (Å²) in [4.78, 5) is 28.2. The van der Waals surface area contributed by atoms with Crippen molar-refractivity contribution in [3.8, 4) is 0 Å². The summed E-state index contributed by atoms with van der Waals surface area (Å²) in [5.41, 5.74) is 0.125. The molecule has 0 radical (unpaired) electrons. The van der Waals surface area contributed by atoms with Gasteiger partial charge >= 0.3 is 5.97 Å². The van der Waals surface area contributed by atoms with Crippen molar-refractivity contribution in [2.75, 3.05) is 5.75 Å². The van der Waals surface area contributed by atoms with Gasteiger partial charge < -0.3 is 10.0 Å². The molecule has 1 aliphatic rings. The molecule has 1 aliphatic heterocycles. The Balaban J connectivity index is 2.31. The van der Waals surface area contributed by atoms with E-state index in [-0.39, 0.29) is 10.9 Å². The van der Waals surface area contributed by atoms with Gasteiger partial charge in [0.2, 0.25) is 5.95 Å². The van der Waals surface area contributed by atoms with Crippen LogP contribution in [0.3, 0.4) is 0 Å². The zero-order valence-electron chi connectivity index (χ0n) is 10.2. The summed E-state index contributed by atoms with van der Waals surface area (Å²) in [6.45, 7) is 1.88. The average Bonchev–Trinajstić information content (AvgIpc) is 2.81. The second kappa shape index (κ2) is 5.56. The van der Waals surface area contributed by atoms with Gasteiger partial charge in [0.15, 0.2) is 0 Å². The Bertz CT molecular complexity index is 512. The quantitative estimate of drug-likeness (QED) is 0.854. The number of aromatic nitrogens is 1. The Morgan fingerprint density at radius 1 is 1.63 bits per heavy atom. The summed E-state index contributed by atoms with van der Waals surface area (Å²) in [5.74, 6) is -1.90. The maximum Gasteiger partial charge on any atom is 0.327 e. The highest BCUT2D eigenvalue weighted by atomic mass is 32.2. The van der Waals surface area contributed by atoms with Gasteiger partial charge in [0, 0.05) is 23.6 Å². The van der Waals surface area contributed by atoms with Crippen LogP contribution in [0.15, 0.2) is 18.3 Å². The van der Waals surface area contributed by atoms with E-state index in [1.54, 1.807) is 0 Å². The van der Waals surface area contributed by atoms with Gasteiger partial charge in [-0.3, -0.25) is 4.79 Å². The van der Waals surface area contributed by atoms with Crippen LogP contribution in [0.1, 0.15) is 23.7 Å². The Labute approximate surface area is 113 Å². The van der Waals surface area contributed by atoms with E-state index in [0.717, 1.165) is 6.07 Å². The summed E-state index contributed by atoms with van der Waals surface area (Å²) in [6, 6.07) is 1.55. The van der Waals surface area contributed by atoms with Crippen molar-refractivity contribution < 1.29 is 19.1 Å². The summed E-state index contributed by atoms with van der Waals surface area (Å²) in [6.07, 6.45) is 1.84. The summed E-state index contributed by atoms with van der Waals surface area (Å²) in [7, 11) is 0. The molecular weight excluding hydrogens is 271 g/mol. The minimum absolute atomic E-state index is 0.125. The average molecular weight is 284 g/mol. The Morgan fingerprint density at radius 2 is 2.37 bits per heavy atom. The summed E-state index contributed by atoms with van der Waals surface area (Å²) in [5, 5.41) is 8.96. The number of halogens is 1. The lowest BCUT2D eigenvalue weighted by Crippen LogP contribution is -2.45. The minimum Gasteiger partial charge on any atom is -0.480 e. The van der Waals surface area contributed by atoms with Crippen LogP contribution < -0.4 is 0 Å². The molecule has 1 fully saturated rings. The number of carboxylic acids is 1. The summed E-state index contributed by atoms with van der Waals surface area (Å²) < 4.78 is 13.0. The molecule has 19 heavy (non-hydrogen) atoms. The molecule has 0 aliphatic carbocycles. The van der Waals surface area contributed by atoms with Gasteiger partial charge in [-0.15, -0.1) is 11.8 Å². The van der Waals surface area contributed by atoms with Gasteiger partial charge in [-0.2, -0.15) is 4.39 Å². The van der Waals surface area contributed by atoms with Gasteiger partial charge in [-0.05, 0) is 12.5 Å². The fourth-order valence-electron chi connectivity index (χ4n) is 2.03. The largest absolute Gasteiger partial charge is 0.480 e. The van der Waals surface area contributed by atoms with Gasteiger partial charge in [0.25, 0.3) is 5.91 Å². The molecule has 1 saturated heterocycles. The van der Waals surface area contributed by atoms with Gasteiger partial charge in [0.05, 0.1) is 5.37 Å². The first-order valence-electron chi connectivity index (χ1n) is 5.83. The number of thioether (sulfide) groups is 1. The molecule has 0 saturated carbocycles. The second-order valence-corrected chi connectivity index (χ2v) is 5.34. The first kappa shape index (κ1) is 13.8. The SMILES string of the molecule is CCC1SCC(C(=O)O)N1C(=O)c1ccnc(F)c1. The van der Waals surface area contributed by atoms with Crippen molar-refractivity contribution in [1.82, 2.24) is 9.88 Å². The van der Waals surface area contributed by atoms with Crippen LogP contribution in [-0.4, -0.2) is 44.0 Å². The highest BCUT2D eigenvalue weighted by Gasteiger charge is 2.41. The molecule has 0 aromatic carbocycles. The first-order chi connectivity index (χ1) is 9.04. The molecule has 2 heterocycles. The van der Waals surface area contributed by atoms with Crippen molar-refractivity contribution in [3.63, 3.8) is 0 Å². The number of carbonyl (C=O) groups excluding carboxylic acids is 1. The van der Waals surface area contributed by atoms with Crippen LogP contribution in [0, 0.1) is 5.95 Å². The molecule has 2 atom stereocenters. The van der Waals surface area contributed by atoms with Crippen LogP contribution in [0.2, 0.25) is 0 Å². The number of amides is 1. The zero-order valence-corrected chi connectivity index (χ0v) is 11.1. The molecule has 2 rings (SSSR count). The van der Waals surface area contributed by atoms with E-state index in [2.05, 4.69) is 4.98 Å². The molecule has 2 unspecified atom stereocenters. The molecule has 102 valence electrons. The number of carboxylic acid groups (broad SMARTS) is 1. The molecule has 5 nitrogen and oxygen atoms in total. The number of carbonyl (C=O) groups is 2. The predicted molar refractivity (Wildman–Crippen MR) is 68.3 cm³/mol. The van der Waals surface area contributed by atoms with E-state index >= 15 is 0 Å². The number of hydrogen-bond acceptors (Lipinski definition) is 4. The van der Waals surface area contributed by atoms with E-state index in [4.69, 9.17) is 5.11 Å². The fraction of sp³-hybridized carbons (Fsp3) is 0.417. The molecule has 1 aromatic heterocycles. The van der Waals surface area contributed by atoms with E-state index < -0.39 is 23.9 Å². The standard InChI is InChI=1S/C12H13FN2O3S/c1-2-10-15(8(6-19-10)12(17)18)11(16)7-3-4-14-9(13)5-7/h3-5,8,10H,2,6H2,1H3,(H,17,18). The van der Waals surface area contributed by atoms with E-state index in [1.165, 1.54) is 28.9 Å². The van der Waals surface area contributed by atoms with Gasteiger partial charge in [-0.1, -0.05) is 6.92 Å². The highest BCUT2D eigenvalue weighted by Crippen LogP contribution is 2.32. The van der Waals surface area contributed by atoms with Crippen LogP contribution in [0.4, 0.5) is 4.39 Å². The zero-order chi connectivity index (χ0) is 14.0. The number of rotatable bonds is 3. The monoisotopic (exact) mass is 284 g/mol. The molecule has 0 spiro atoms. The van der Waals surface area contributed by atoms with Crippen molar-refractivity contribution in [1.29, 1.82) is 0 Å². The Kier molecular flexibility index (Phi) is 4.04. The van der Waals surface area contributed by atoms with E-state index in [0.29, 0.717) is 12.2 Å². The van der Waals surface area contributed by atoms with Crippen LogP contribution in [-0.2, 0) is 4.79 Å². The smallest absolute Gasteiger partial charge is 0.327 e. The molecule has 1 N–H and O–H groups in total. The van der Waals surface area contributed by atoms with Gasteiger partial charge in [0.1, 0.15) is 6.04 Å². The van der Waals surface area contributed by atoms with Gasteiger partial charge in [-0.25, -0.2) is 9.78 Å². The Hall–Kier alpha value is -1.63. The van der Waals surface area contributed by atoms with E-state index in [1.807, 2.05) is 6.92 Å². The maximum atomic E-state index is 13.0. The lowest BCUT2D eigenvalue weighted by molar-refractivity contribution is -0.141. The molecule has 7 heteroatoms. The van der Waals surface area contributed by atoms with E-state index in [9.17, 15) is 14.0 Å². The minimum atomic E-state index is -1.04. The number of nitrogens with zero attached hydrogens (tertiary/aromatic N) is 2. The number of pyridine rings is 1. The van der Waals surface area contributed by atoms with Crippen LogP contribution >= 0.6 is 11.8 Å². The van der Waals surface area contributed by atoms with Crippen molar-refractivity contribution in [2.45, 2.75) is 24.8 Å². The fourth-order valence-corrected chi connectivity index (χ4v) is 3.37. The molecule has 0 bridgehead atoms.